The van der Waals surface area contributed by atoms with E-state index in [2.05, 4.69) is 5.32 Å². The van der Waals surface area contributed by atoms with Crippen molar-refractivity contribution in [2.45, 2.75) is 39.4 Å². The number of carbonyl (C=O) groups excluding carboxylic acids is 1. The van der Waals surface area contributed by atoms with Crippen LogP contribution in [-0.4, -0.2) is 65.9 Å². The first-order valence-corrected chi connectivity index (χ1v) is 13.8. The van der Waals surface area contributed by atoms with Gasteiger partial charge in [0.05, 0.1) is 18.1 Å². The van der Waals surface area contributed by atoms with Crippen molar-refractivity contribution < 1.29 is 33.8 Å². The van der Waals surface area contributed by atoms with Gasteiger partial charge in [0.1, 0.15) is 12.4 Å². The highest BCUT2D eigenvalue weighted by molar-refractivity contribution is 5.89. The number of aliphatic carboxylic acids is 1. The van der Waals surface area contributed by atoms with E-state index in [9.17, 15) is 24.8 Å². The van der Waals surface area contributed by atoms with Gasteiger partial charge in [0.15, 0.2) is 6.10 Å². The lowest BCUT2D eigenvalue weighted by molar-refractivity contribution is -0.385. The van der Waals surface area contributed by atoms with Crippen LogP contribution in [0.15, 0.2) is 72.8 Å². The van der Waals surface area contributed by atoms with Crippen molar-refractivity contribution >= 4 is 23.4 Å². The van der Waals surface area contributed by atoms with E-state index in [0.29, 0.717) is 49.8 Å². The van der Waals surface area contributed by atoms with Crippen LogP contribution < -0.4 is 10.1 Å². The summed E-state index contributed by atoms with van der Waals surface area (Å²) >= 11 is 0. The van der Waals surface area contributed by atoms with Gasteiger partial charge in [-0.05, 0) is 49.6 Å². The van der Waals surface area contributed by atoms with Gasteiger partial charge in [0, 0.05) is 43.5 Å². The molecule has 0 saturated carbocycles. The molecule has 11 nitrogen and oxygen atoms in total. The van der Waals surface area contributed by atoms with Crippen molar-refractivity contribution in [1.29, 1.82) is 0 Å². The monoisotopic (exact) mass is 579 g/mol. The van der Waals surface area contributed by atoms with E-state index in [1.807, 2.05) is 30.3 Å². The minimum Gasteiger partial charge on any atom is -0.492 e. The highest BCUT2D eigenvalue weighted by atomic mass is 16.6. The van der Waals surface area contributed by atoms with E-state index in [0.717, 1.165) is 11.1 Å². The molecular formula is C31H37N3O8. The van der Waals surface area contributed by atoms with Crippen LogP contribution in [0, 0.1) is 17.0 Å². The molecule has 0 heterocycles. The zero-order valence-corrected chi connectivity index (χ0v) is 23.9. The number of nitro groups is 1. The van der Waals surface area contributed by atoms with Crippen LogP contribution in [0.4, 0.5) is 16.2 Å². The Morgan fingerprint density at radius 1 is 1.00 bits per heavy atom. The molecule has 2 N–H and O–H groups in total. The summed E-state index contributed by atoms with van der Waals surface area (Å²) in [7, 11) is 0. The van der Waals surface area contributed by atoms with Crippen molar-refractivity contribution in [2.24, 2.45) is 0 Å². The number of carboxylic acids is 1. The fourth-order valence-corrected chi connectivity index (χ4v) is 4.15. The summed E-state index contributed by atoms with van der Waals surface area (Å²) in [4.78, 5) is 36.9. The van der Waals surface area contributed by atoms with Crippen molar-refractivity contribution in [3.05, 3.63) is 99.6 Å². The lowest BCUT2D eigenvalue weighted by Gasteiger charge is -2.23. The van der Waals surface area contributed by atoms with E-state index in [1.54, 1.807) is 55.1 Å². The number of carbonyl (C=O) groups is 2. The number of rotatable bonds is 17. The van der Waals surface area contributed by atoms with Gasteiger partial charge in [-0.1, -0.05) is 48.5 Å². The van der Waals surface area contributed by atoms with Crippen molar-refractivity contribution in [2.75, 3.05) is 38.2 Å². The molecular weight excluding hydrogens is 542 g/mol. The molecule has 0 bridgehead atoms. The largest absolute Gasteiger partial charge is 0.492 e. The second-order valence-corrected chi connectivity index (χ2v) is 9.55. The molecule has 3 aromatic rings. The third kappa shape index (κ3) is 10.5. The predicted molar refractivity (Wildman–Crippen MR) is 158 cm³/mol. The molecule has 3 aromatic carbocycles. The van der Waals surface area contributed by atoms with Gasteiger partial charge in [0.2, 0.25) is 0 Å². The average molecular weight is 580 g/mol. The summed E-state index contributed by atoms with van der Waals surface area (Å²) in [6, 6.07) is 21.0. The summed E-state index contributed by atoms with van der Waals surface area (Å²) in [5.41, 5.74) is 2.61. The Balaban J connectivity index is 1.57. The van der Waals surface area contributed by atoms with Crippen LogP contribution in [0.5, 0.6) is 5.75 Å². The van der Waals surface area contributed by atoms with Crippen LogP contribution in [0.25, 0.3) is 0 Å². The molecule has 0 saturated heterocycles. The van der Waals surface area contributed by atoms with Crippen LogP contribution >= 0.6 is 0 Å². The molecule has 0 aliphatic rings. The number of amides is 2. The molecule has 0 spiro atoms. The molecule has 0 fully saturated rings. The number of nitrogens with one attached hydrogen (secondary N) is 1. The van der Waals surface area contributed by atoms with Crippen molar-refractivity contribution in [3.63, 3.8) is 0 Å². The fourth-order valence-electron chi connectivity index (χ4n) is 4.15. The van der Waals surface area contributed by atoms with Gasteiger partial charge in [-0.15, -0.1) is 0 Å². The van der Waals surface area contributed by atoms with Gasteiger partial charge in [-0.2, -0.15) is 0 Å². The van der Waals surface area contributed by atoms with E-state index in [-0.39, 0.29) is 25.3 Å². The molecule has 2 amide bonds. The zero-order valence-electron chi connectivity index (χ0n) is 23.9. The third-order valence-corrected chi connectivity index (χ3v) is 6.39. The second-order valence-electron chi connectivity index (χ2n) is 9.55. The molecule has 0 aromatic heterocycles. The first-order chi connectivity index (χ1) is 20.3. The number of aryl methyl sites for hydroxylation is 1. The second kappa shape index (κ2) is 16.7. The maximum absolute atomic E-state index is 13.2. The number of urea groups is 1. The van der Waals surface area contributed by atoms with E-state index in [4.69, 9.17) is 14.2 Å². The number of ether oxygens (including phenoxy) is 3. The van der Waals surface area contributed by atoms with Gasteiger partial charge in [-0.25, -0.2) is 9.59 Å². The van der Waals surface area contributed by atoms with Gasteiger partial charge >= 0.3 is 12.0 Å². The highest BCUT2D eigenvalue weighted by Crippen LogP contribution is 2.22. The predicted octanol–water partition coefficient (Wildman–Crippen LogP) is 5.46. The van der Waals surface area contributed by atoms with Crippen molar-refractivity contribution in [1.82, 2.24) is 4.90 Å². The van der Waals surface area contributed by atoms with E-state index in [1.165, 1.54) is 6.07 Å². The first kappa shape index (κ1) is 32.0. The molecule has 42 heavy (non-hydrogen) atoms. The van der Waals surface area contributed by atoms with Gasteiger partial charge in [-0.3, -0.25) is 10.1 Å². The zero-order chi connectivity index (χ0) is 30.3. The maximum atomic E-state index is 13.2. The van der Waals surface area contributed by atoms with Gasteiger partial charge in [0.25, 0.3) is 5.69 Å². The number of anilines is 1. The number of nitro benzene ring substituents is 1. The summed E-state index contributed by atoms with van der Waals surface area (Å²) in [6.45, 7) is 5.44. The SMILES string of the molecule is CCOC(Cc1ccc(OCCN(CCCOCc2ccccc2)C(=O)Nc2ccc(C)c([N+](=O)[O-])c2)cc1)C(=O)O. The van der Waals surface area contributed by atoms with Crippen LogP contribution in [0.3, 0.4) is 0 Å². The Morgan fingerprint density at radius 2 is 1.74 bits per heavy atom. The smallest absolute Gasteiger partial charge is 0.333 e. The number of benzene rings is 3. The average Bonchev–Trinajstić information content (AvgIpc) is 2.98. The molecule has 3 rings (SSSR count). The minimum atomic E-state index is -1.01. The van der Waals surface area contributed by atoms with Crippen LogP contribution in [-0.2, 0) is 27.3 Å². The molecule has 1 unspecified atom stereocenters. The number of carboxylic acid groups (broad SMARTS) is 1. The summed E-state index contributed by atoms with van der Waals surface area (Å²) in [6.07, 6.45) is -0.102. The molecule has 0 radical (unpaired) electrons. The van der Waals surface area contributed by atoms with E-state index >= 15 is 0 Å². The molecule has 1 atom stereocenters. The summed E-state index contributed by atoms with van der Waals surface area (Å²) in [5, 5.41) is 23.4. The Morgan fingerprint density at radius 3 is 2.40 bits per heavy atom. The number of hydrogen-bond donors (Lipinski definition) is 2. The lowest BCUT2D eigenvalue weighted by Crippen LogP contribution is -2.39. The topological polar surface area (TPSA) is 140 Å². The normalized spacial score (nSPS) is 11.5. The number of hydrogen-bond acceptors (Lipinski definition) is 7. The molecule has 0 aliphatic heterocycles. The Hall–Kier alpha value is -4.48. The third-order valence-electron chi connectivity index (χ3n) is 6.39. The van der Waals surface area contributed by atoms with Gasteiger partial charge < -0.3 is 29.5 Å². The van der Waals surface area contributed by atoms with Crippen LogP contribution in [0.1, 0.15) is 30.0 Å². The number of nitrogens with zero attached hydrogens (tertiary/aromatic N) is 2. The summed E-state index contributed by atoms with van der Waals surface area (Å²) < 4.78 is 16.9. The maximum Gasteiger partial charge on any atom is 0.333 e. The fraction of sp³-hybridized carbons (Fsp3) is 0.355. The minimum absolute atomic E-state index is 0.0728. The summed E-state index contributed by atoms with van der Waals surface area (Å²) in [5.74, 6) is -0.441. The van der Waals surface area contributed by atoms with Crippen LogP contribution in [0.2, 0.25) is 0 Å². The molecule has 224 valence electrons. The standard InChI is InChI=1S/C31H37N3O8/c1-3-41-29(30(35)36)20-24-11-14-27(15-12-24)42-19-17-33(16-7-18-40-22-25-8-5-4-6-9-25)31(37)32-26-13-10-23(2)28(21-26)34(38)39/h4-6,8-15,21,29H,3,7,16-20,22H2,1-2H3,(H,32,37)(H,35,36). The molecule has 11 heteroatoms. The Labute approximate surface area is 245 Å². The molecule has 0 aliphatic carbocycles. The quantitative estimate of drug-likeness (QED) is 0.122. The Kier molecular flexibility index (Phi) is 12.7. The lowest BCUT2D eigenvalue weighted by atomic mass is 10.1. The van der Waals surface area contributed by atoms with E-state index < -0.39 is 23.0 Å². The first-order valence-electron chi connectivity index (χ1n) is 13.8. The highest BCUT2D eigenvalue weighted by Gasteiger charge is 2.19. The van der Waals surface area contributed by atoms with Crippen molar-refractivity contribution in [3.8, 4) is 5.75 Å². The Bertz CT molecular complexity index is 1300.